The molecule has 6 rings (SSSR count). The smallest absolute Gasteiger partial charge is 0.169 e. The maximum absolute atomic E-state index is 9.59. The summed E-state index contributed by atoms with van der Waals surface area (Å²) in [6.07, 6.45) is 1.63. The van der Waals surface area contributed by atoms with E-state index in [-0.39, 0.29) is 0 Å². The Morgan fingerprint density at radius 2 is 1.46 bits per heavy atom. The lowest BCUT2D eigenvalue weighted by atomic mass is 9.85. The van der Waals surface area contributed by atoms with Gasteiger partial charge in [0.15, 0.2) is 23.0 Å². The predicted molar refractivity (Wildman–Crippen MR) is 164 cm³/mol. The van der Waals surface area contributed by atoms with Crippen molar-refractivity contribution in [3.63, 3.8) is 0 Å². The summed E-state index contributed by atoms with van der Waals surface area (Å²) in [5.74, 6) is 2.78. The van der Waals surface area contributed by atoms with Gasteiger partial charge in [-0.25, -0.2) is 0 Å². The minimum atomic E-state index is 0.664. The molecular formula is C35H32N2O4. The molecule has 0 amide bonds. The molecule has 206 valence electrons. The van der Waals surface area contributed by atoms with Crippen LogP contribution in [-0.4, -0.2) is 42.0 Å². The van der Waals surface area contributed by atoms with Crippen molar-refractivity contribution in [3.8, 4) is 40.2 Å². The van der Waals surface area contributed by atoms with Gasteiger partial charge in [0.25, 0.3) is 0 Å². The third-order valence-corrected chi connectivity index (χ3v) is 8.18. The van der Waals surface area contributed by atoms with Gasteiger partial charge in [0, 0.05) is 36.5 Å². The number of fused-ring (bicyclic) bond motifs is 2. The molecule has 0 radical (unpaired) electrons. The van der Waals surface area contributed by atoms with Crippen LogP contribution in [0.2, 0.25) is 0 Å². The molecule has 0 spiro atoms. The quantitative estimate of drug-likeness (QED) is 0.203. The van der Waals surface area contributed by atoms with Gasteiger partial charge in [-0.05, 0) is 69.3 Å². The van der Waals surface area contributed by atoms with Crippen molar-refractivity contribution in [1.29, 1.82) is 5.26 Å². The summed E-state index contributed by atoms with van der Waals surface area (Å²) in [4.78, 5) is 2.35. The van der Waals surface area contributed by atoms with E-state index in [1.54, 1.807) is 28.4 Å². The van der Waals surface area contributed by atoms with Gasteiger partial charge in [0.2, 0.25) is 0 Å². The lowest BCUT2D eigenvalue weighted by Gasteiger charge is -2.33. The Morgan fingerprint density at radius 3 is 2.12 bits per heavy atom. The number of nitrogens with zero attached hydrogens (tertiary/aromatic N) is 2. The molecule has 1 aliphatic rings. The molecule has 0 aliphatic carbocycles. The summed E-state index contributed by atoms with van der Waals surface area (Å²) in [6.45, 7) is 0.896. The van der Waals surface area contributed by atoms with Gasteiger partial charge in [0.05, 0.1) is 40.1 Å². The van der Waals surface area contributed by atoms with Gasteiger partial charge in [0.1, 0.15) is 0 Å². The molecule has 0 saturated carbocycles. The van der Waals surface area contributed by atoms with Gasteiger partial charge < -0.3 is 23.8 Å². The van der Waals surface area contributed by atoms with E-state index in [0.717, 1.165) is 52.4 Å². The molecule has 5 aromatic carbocycles. The highest BCUT2D eigenvalue weighted by Gasteiger charge is 2.28. The van der Waals surface area contributed by atoms with Crippen molar-refractivity contribution in [1.82, 2.24) is 0 Å². The van der Waals surface area contributed by atoms with E-state index >= 15 is 0 Å². The fraction of sp³-hybridized carbons (Fsp3) is 0.229. The number of hydrogen-bond donors (Lipinski definition) is 0. The summed E-state index contributed by atoms with van der Waals surface area (Å²) in [5.41, 5.74) is 7.47. The second-order valence-electron chi connectivity index (χ2n) is 10.3. The largest absolute Gasteiger partial charge is 0.493 e. The first kappa shape index (κ1) is 26.3. The highest BCUT2D eigenvalue weighted by molar-refractivity contribution is 6.20. The minimum Gasteiger partial charge on any atom is -0.493 e. The molecule has 5 aromatic rings. The van der Waals surface area contributed by atoms with Gasteiger partial charge in [-0.3, -0.25) is 0 Å². The number of benzene rings is 5. The first-order chi connectivity index (χ1) is 20.0. The molecule has 0 fully saturated rings. The van der Waals surface area contributed by atoms with E-state index in [4.69, 9.17) is 18.9 Å². The molecule has 0 atom stereocenters. The molecule has 41 heavy (non-hydrogen) atoms. The van der Waals surface area contributed by atoms with E-state index in [2.05, 4.69) is 60.5 Å². The molecule has 0 saturated heterocycles. The Kier molecular flexibility index (Phi) is 6.80. The predicted octanol–water partition coefficient (Wildman–Crippen LogP) is 7.15. The van der Waals surface area contributed by atoms with Gasteiger partial charge >= 0.3 is 0 Å². The summed E-state index contributed by atoms with van der Waals surface area (Å²) in [6, 6.07) is 24.8. The molecule has 1 heterocycles. The first-order valence-electron chi connectivity index (χ1n) is 13.6. The fourth-order valence-electron chi connectivity index (χ4n) is 6.22. The van der Waals surface area contributed by atoms with Crippen LogP contribution < -0.4 is 23.8 Å². The van der Waals surface area contributed by atoms with Crippen molar-refractivity contribution in [3.05, 3.63) is 89.0 Å². The van der Waals surface area contributed by atoms with Crippen molar-refractivity contribution < 1.29 is 18.9 Å². The standard InChI is InChI=1S/C35H32N2O4/c1-37-15-14-23-17-31(40-4)35(41-5)33-27-19-30(39-3)29(38-2)18-26(27)28(34(37)32(23)33)16-21-10-12-22(13-11-21)25-9-7-6-8-24(25)20-36/h6-13,17-19H,14-16H2,1-5H3. The molecule has 0 aromatic heterocycles. The van der Waals surface area contributed by atoms with E-state index in [9.17, 15) is 5.26 Å². The molecule has 6 nitrogen and oxygen atoms in total. The molecule has 1 aliphatic heterocycles. The number of ether oxygens (including phenoxy) is 4. The van der Waals surface area contributed by atoms with Crippen LogP contribution in [0.3, 0.4) is 0 Å². The normalized spacial score (nSPS) is 12.3. The third kappa shape index (κ3) is 4.25. The lowest BCUT2D eigenvalue weighted by Crippen LogP contribution is -2.26. The van der Waals surface area contributed by atoms with E-state index in [1.165, 1.54) is 27.8 Å². The average Bonchev–Trinajstić information content (AvgIpc) is 3.02. The van der Waals surface area contributed by atoms with Crippen LogP contribution in [0.4, 0.5) is 5.69 Å². The number of methoxy groups -OCH3 is 4. The van der Waals surface area contributed by atoms with Crippen LogP contribution in [-0.2, 0) is 12.8 Å². The summed E-state index contributed by atoms with van der Waals surface area (Å²) >= 11 is 0. The van der Waals surface area contributed by atoms with Crippen LogP contribution >= 0.6 is 0 Å². The second-order valence-corrected chi connectivity index (χ2v) is 10.3. The zero-order valence-corrected chi connectivity index (χ0v) is 24.0. The lowest BCUT2D eigenvalue weighted by molar-refractivity contribution is 0.355. The number of likely N-dealkylation sites (N-methyl/N-ethyl adjacent to an activating group) is 1. The Morgan fingerprint density at radius 1 is 0.780 bits per heavy atom. The number of anilines is 1. The Labute approximate surface area is 240 Å². The van der Waals surface area contributed by atoms with Crippen LogP contribution in [0, 0.1) is 11.3 Å². The monoisotopic (exact) mass is 544 g/mol. The zero-order valence-electron chi connectivity index (χ0n) is 24.0. The van der Waals surface area contributed by atoms with Gasteiger partial charge in [-0.15, -0.1) is 0 Å². The van der Waals surface area contributed by atoms with Crippen LogP contribution in [0.25, 0.3) is 32.7 Å². The second kappa shape index (κ2) is 10.6. The first-order valence-corrected chi connectivity index (χ1v) is 13.6. The summed E-state index contributed by atoms with van der Waals surface area (Å²) in [5, 5.41) is 13.9. The molecular weight excluding hydrogens is 512 g/mol. The van der Waals surface area contributed by atoms with Crippen molar-refractivity contribution in [2.45, 2.75) is 12.8 Å². The van der Waals surface area contributed by atoms with E-state index < -0.39 is 0 Å². The SMILES string of the molecule is COc1cc2c(Cc3ccc(-c4ccccc4C#N)cc3)c3c4c(cc(OC)c(OC)c4c2cc1OC)CCN3C. The molecule has 0 bridgehead atoms. The Bertz CT molecular complexity index is 1840. The third-order valence-electron chi connectivity index (χ3n) is 8.18. The van der Waals surface area contributed by atoms with Crippen molar-refractivity contribution in [2.75, 3.05) is 46.9 Å². The van der Waals surface area contributed by atoms with Crippen LogP contribution in [0.1, 0.15) is 22.3 Å². The molecule has 6 heteroatoms. The maximum Gasteiger partial charge on any atom is 0.169 e. The number of nitriles is 1. The highest BCUT2D eigenvalue weighted by Crippen LogP contribution is 2.51. The number of hydrogen-bond acceptors (Lipinski definition) is 6. The van der Waals surface area contributed by atoms with Crippen molar-refractivity contribution >= 4 is 27.2 Å². The summed E-state index contributed by atoms with van der Waals surface area (Å²) < 4.78 is 23.3. The van der Waals surface area contributed by atoms with Gasteiger partial charge in [-0.2, -0.15) is 5.26 Å². The summed E-state index contributed by atoms with van der Waals surface area (Å²) in [7, 11) is 8.86. The Balaban J connectivity index is 1.62. The zero-order chi connectivity index (χ0) is 28.7. The van der Waals surface area contributed by atoms with Crippen LogP contribution in [0.5, 0.6) is 23.0 Å². The topological polar surface area (TPSA) is 64.0 Å². The van der Waals surface area contributed by atoms with Crippen molar-refractivity contribution in [2.24, 2.45) is 0 Å². The van der Waals surface area contributed by atoms with Crippen LogP contribution in [0.15, 0.2) is 66.7 Å². The van der Waals surface area contributed by atoms with E-state index in [0.29, 0.717) is 22.8 Å². The molecule has 0 unspecified atom stereocenters. The Hall–Kier alpha value is -4.89. The fourth-order valence-corrected chi connectivity index (χ4v) is 6.22. The minimum absolute atomic E-state index is 0.664. The molecule has 0 N–H and O–H groups in total. The average molecular weight is 545 g/mol. The van der Waals surface area contributed by atoms with E-state index in [1.807, 2.05) is 24.3 Å². The highest BCUT2D eigenvalue weighted by atomic mass is 16.5. The maximum atomic E-state index is 9.59. The number of rotatable bonds is 7. The van der Waals surface area contributed by atoms with Gasteiger partial charge in [-0.1, -0.05) is 42.5 Å².